The number of esters is 1. The maximum Gasteiger partial charge on any atom is 0.344 e. The molecule has 3 heteroatoms. The number of carbonyl (C=O) groups is 1. The van der Waals surface area contributed by atoms with Crippen molar-refractivity contribution >= 4 is 22.9 Å². The monoisotopic (exact) mass is 435 g/mol. The smallest absolute Gasteiger partial charge is 0.344 e. The van der Waals surface area contributed by atoms with E-state index in [1.165, 1.54) is 20.2 Å². The van der Waals surface area contributed by atoms with E-state index < -0.39 is 0 Å². The molecule has 0 amide bonds. The van der Waals surface area contributed by atoms with Gasteiger partial charge in [0, 0.05) is 0 Å². The summed E-state index contributed by atoms with van der Waals surface area (Å²) < 4.78 is 5.74. The third-order valence-electron chi connectivity index (χ3n) is 5.51. The molecule has 5 rings (SSSR count). The van der Waals surface area contributed by atoms with Gasteiger partial charge in [0.15, 0.2) is 14.7 Å². The normalized spacial score (nSPS) is 12.4. The summed E-state index contributed by atoms with van der Waals surface area (Å²) in [6.07, 6.45) is 6.12. The summed E-state index contributed by atoms with van der Waals surface area (Å²) in [6.45, 7) is 0. The van der Waals surface area contributed by atoms with E-state index in [9.17, 15) is 4.79 Å². The predicted octanol–water partition coefficient (Wildman–Crippen LogP) is 6.96. The number of carbonyl (C=O) groups excluding carboxylic acids is 1. The van der Waals surface area contributed by atoms with Gasteiger partial charge in [-0.05, 0) is 78.6 Å². The molecule has 4 aromatic carbocycles. The summed E-state index contributed by atoms with van der Waals surface area (Å²) in [5, 5.41) is 0. The third kappa shape index (κ3) is 4.25. The number of allylic oxidation sites excluding steroid dienone is 1. The van der Waals surface area contributed by atoms with Gasteiger partial charge in [-0.3, -0.25) is 0 Å². The first-order valence-electron chi connectivity index (χ1n) is 10.7. The zero-order valence-electron chi connectivity index (χ0n) is 17.6. The zero-order valence-corrected chi connectivity index (χ0v) is 18.4. The Hall–Kier alpha value is -3.56. The van der Waals surface area contributed by atoms with Gasteiger partial charge in [-0.25, -0.2) is 4.79 Å². The average molecular weight is 436 g/mol. The fourth-order valence-corrected chi connectivity index (χ4v) is 6.06. The van der Waals surface area contributed by atoms with E-state index in [0.717, 1.165) is 18.4 Å². The number of hydrogen-bond donors (Lipinski definition) is 0. The number of rotatable bonds is 5. The largest absolute Gasteiger partial charge is 0.423 e. The minimum absolute atomic E-state index is 0.223. The van der Waals surface area contributed by atoms with Gasteiger partial charge < -0.3 is 4.74 Å². The van der Waals surface area contributed by atoms with Crippen molar-refractivity contribution < 1.29 is 9.53 Å². The Morgan fingerprint density at radius 1 is 0.688 bits per heavy atom. The lowest BCUT2D eigenvalue weighted by molar-refractivity contribution is 0.0734. The lowest BCUT2D eigenvalue weighted by atomic mass is 9.93. The van der Waals surface area contributed by atoms with Crippen LogP contribution in [0.1, 0.15) is 27.9 Å². The second kappa shape index (κ2) is 9.29. The van der Waals surface area contributed by atoms with Gasteiger partial charge in [-0.2, -0.15) is 0 Å². The Labute approximate surface area is 191 Å². The molecule has 0 saturated heterocycles. The number of fused-ring (bicyclic) bond motifs is 1. The quantitative estimate of drug-likeness (QED) is 0.192. The molecule has 32 heavy (non-hydrogen) atoms. The van der Waals surface area contributed by atoms with Crippen LogP contribution in [0.4, 0.5) is 0 Å². The van der Waals surface area contributed by atoms with Crippen LogP contribution in [0.15, 0.2) is 124 Å². The van der Waals surface area contributed by atoms with E-state index in [4.69, 9.17) is 4.74 Å². The van der Waals surface area contributed by atoms with Crippen LogP contribution in [0.3, 0.4) is 0 Å². The van der Waals surface area contributed by atoms with Gasteiger partial charge in [0.2, 0.25) is 0 Å². The van der Waals surface area contributed by atoms with Crippen LogP contribution in [0.25, 0.3) is 6.08 Å². The van der Waals surface area contributed by atoms with E-state index in [1.807, 2.05) is 42.5 Å². The first-order valence-corrected chi connectivity index (χ1v) is 12.0. The summed E-state index contributed by atoms with van der Waals surface area (Å²) >= 11 is 0. The first-order chi connectivity index (χ1) is 15.8. The molecule has 0 atom stereocenters. The topological polar surface area (TPSA) is 26.3 Å². The molecule has 0 aliphatic heterocycles. The summed E-state index contributed by atoms with van der Waals surface area (Å²) in [5.41, 5.74) is 2.80. The van der Waals surface area contributed by atoms with Gasteiger partial charge in [-0.1, -0.05) is 60.7 Å². The Morgan fingerprint density at radius 2 is 1.31 bits per heavy atom. The first kappa shape index (κ1) is 20.3. The van der Waals surface area contributed by atoms with Crippen LogP contribution in [-0.2, 0) is 17.3 Å². The molecule has 0 spiro atoms. The molecule has 0 radical (unpaired) electrons. The predicted molar refractivity (Wildman–Crippen MR) is 130 cm³/mol. The van der Waals surface area contributed by atoms with E-state index >= 15 is 0 Å². The van der Waals surface area contributed by atoms with Crippen molar-refractivity contribution in [2.75, 3.05) is 0 Å². The lowest BCUT2D eigenvalue weighted by Gasteiger charge is -2.14. The van der Waals surface area contributed by atoms with Crippen LogP contribution >= 0.6 is 0 Å². The van der Waals surface area contributed by atoms with Gasteiger partial charge in [-0.15, -0.1) is 0 Å². The van der Waals surface area contributed by atoms with Crippen LogP contribution < -0.4 is 4.74 Å². The van der Waals surface area contributed by atoms with Gasteiger partial charge in [0.1, 0.15) is 5.75 Å². The van der Waals surface area contributed by atoms with Crippen molar-refractivity contribution in [2.45, 2.75) is 27.5 Å². The third-order valence-corrected chi connectivity index (χ3v) is 7.74. The molecular weight excluding hydrogens is 412 g/mol. The number of hydrogen-bond acceptors (Lipinski definition) is 2. The molecule has 0 heterocycles. The summed E-state index contributed by atoms with van der Waals surface area (Å²) in [4.78, 5) is 16.6. The molecule has 156 valence electrons. The van der Waals surface area contributed by atoms with Crippen LogP contribution in [0, 0.1) is 0 Å². The number of benzene rings is 4. The fraction of sp³-hybridized carbons (Fsp3) is 0.0690. The summed E-state index contributed by atoms with van der Waals surface area (Å²) in [7, 11) is -0.223. The average Bonchev–Trinajstić information content (AvgIpc) is 2.86. The highest BCUT2D eigenvalue weighted by molar-refractivity contribution is 7.97. The van der Waals surface area contributed by atoms with E-state index in [-0.39, 0.29) is 16.9 Å². The molecule has 0 N–H and O–H groups in total. The number of aryl methyl sites for hydroxylation is 1. The molecule has 1 aliphatic carbocycles. The van der Waals surface area contributed by atoms with Crippen molar-refractivity contribution in [1.29, 1.82) is 0 Å². The van der Waals surface area contributed by atoms with E-state index in [1.54, 1.807) is 0 Å². The van der Waals surface area contributed by atoms with Crippen molar-refractivity contribution in [3.63, 3.8) is 0 Å². The second-order valence-electron chi connectivity index (χ2n) is 7.61. The van der Waals surface area contributed by atoms with Gasteiger partial charge in [0.05, 0.1) is 16.5 Å². The molecule has 0 saturated carbocycles. The molecule has 0 aromatic heterocycles. The highest BCUT2D eigenvalue weighted by atomic mass is 32.2. The highest BCUT2D eigenvalue weighted by Gasteiger charge is 2.28. The van der Waals surface area contributed by atoms with Gasteiger partial charge >= 0.3 is 5.97 Å². The summed E-state index contributed by atoms with van der Waals surface area (Å²) in [6, 6.07) is 34.8. The van der Waals surface area contributed by atoms with Crippen molar-refractivity contribution in [3.05, 3.63) is 126 Å². The SMILES string of the molecule is O=C(Oc1ccc([S+](c2ccccc2)c2ccccc2)cc1)c1cccc2c1C=CCC2. The van der Waals surface area contributed by atoms with Gasteiger partial charge in [0.25, 0.3) is 0 Å². The fourth-order valence-electron chi connectivity index (χ4n) is 3.97. The van der Waals surface area contributed by atoms with Crippen LogP contribution in [-0.4, -0.2) is 5.97 Å². The summed E-state index contributed by atoms with van der Waals surface area (Å²) in [5.74, 6) is 0.243. The molecular formula is C29H23O2S+. The molecule has 0 unspecified atom stereocenters. The van der Waals surface area contributed by atoms with Crippen molar-refractivity contribution in [1.82, 2.24) is 0 Å². The zero-order chi connectivity index (χ0) is 21.8. The Balaban J connectivity index is 1.41. The standard InChI is InChI=1S/C29H23O2S/c30-29(28-17-9-11-22-10-7-8-16-27(22)28)31-23-18-20-26(21-19-23)32(24-12-3-1-4-13-24)25-14-5-2-6-15-25/h1-6,8-9,11-21H,7,10H2/q+1. The minimum Gasteiger partial charge on any atom is -0.423 e. The van der Waals surface area contributed by atoms with Crippen LogP contribution in [0.5, 0.6) is 5.75 Å². The Bertz CT molecular complexity index is 1210. The minimum atomic E-state index is -0.314. The van der Waals surface area contributed by atoms with Crippen molar-refractivity contribution in [2.24, 2.45) is 0 Å². The molecule has 0 bridgehead atoms. The Kier molecular flexibility index (Phi) is 5.91. The van der Waals surface area contributed by atoms with Crippen LogP contribution in [0.2, 0.25) is 0 Å². The Morgan fingerprint density at radius 3 is 1.97 bits per heavy atom. The van der Waals surface area contributed by atoms with E-state index in [0.29, 0.717) is 11.3 Å². The lowest BCUT2D eigenvalue weighted by Crippen LogP contribution is -2.12. The van der Waals surface area contributed by atoms with Crippen molar-refractivity contribution in [3.8, 4) is 5.75 Å². The number of ether oxygens (including phenoxy) is 1. The van der Waals surface area contributed by atoms with E-state index in [2.05, 4.69) is 72.8 Å². The molecule has 0 fully saturated rings. The highest BCUT2D eigenvalue weighted by Crippen LogP contribution is 2.32. The molecule has 1 aliphatic rings. The maximum absolute atomic E-state index is 12.9. The maximum atomic E-state index is 12.9. The second-order valence-corrected chi connectivity index (χ2v) is 9.64. The molecule has 2 nitrogen and oxygen atoms in total. The molecule has 4 aromatic rings.